The molecule has 0 aliphatic heterocycles. The number of rotatable bonds is 6. The molecule has 1 unspecified atom stereocenters. The molecule has 0 N–H and O–H groups in total. The van der Waals surface area contributed by atoms with E-state index < -0.39 is 8.32 Å². The molecule has 1 atom stereocenters. The highest BCUT2D eigenvalue weighted by molar-refractivity contribution is 6.78. The summed E-state index contributed by atoms with van der Waals surface area (Å²) in [7, 11) is -1.82. The van der Waals surface area contributed by atoms with Gasteiger partial charge in [0, 0.05) is 0 Å². The average molecular weight is 279 g/mol. The molecule has 0 fully saturated rings. The van der Waals surface area contributed by atoms with Gasteiger partial charge in [-0.3, -0.25) is 0 Å². The van der Waals surface area contributed by atoms with Gasteiger partial charge in [0.1, 0.15) is 5.75 Å². The molecule has 0 aliphatic rings. The molecule has 0 radical (unpaired) electrons. The van der Waals surface area contributed by atoms with Crippen molar-refractivity contribution in [1.29, 1.82) is 0 Å². The summed E-state index contributed by atoms with van der Waals surface area (Å²) in [6, 6.07) is 8.52. The summed E-state index contributed by atoms with van der Waals surface area (Å²) in [5.41, 5.74) is 3.20. The molecule has 1 nitrogen and oxygen atoms in total. The normalized spacial score (nSPS) is 13.9. The van der Waals surface area contributed by atoms with Crippen LogP contribution in [0.2, 0.25) is 16.6 Å². The molecule has 0 spiro atoms. The Bertz CT molecular complexity index is 390. The first kappa shape index (κ1) is 16.3. The minimum atomic E-state index is -1.82. The van der Waals surface area contributed by atoms with Crippen LogP contribution in [0.3, 0.4) is 0 Å². The fourth-order valence-corrected chi connectivity index (χ4v) is 8.80. The van der Waals surface area contributed by atoms with Crippen LogP contribution in [0, 0.1) is 6.92 Å². The summed E-state index contributed by atoms with van der Waals surface area (Å²) in [6.45, 7) is 16.2. The molecular weight excluding hydrogens is 248 g/mol. The topological polar surface area (TPSA) is 9.23 Å². The zero-order valence-corrected chi connectivity index (χ0v) is 14.7. The maximum Gasteiger partial charge on any atom is 0.259 e. The van der Waals surface area contributed by atoms with Gasteiger partial charge in [0.15, 0.2) is 0 Å². The molecule has 0 bridgehead atoms. The van der Waals surface area contributed by atoms with Crippen LogP contribution >= 0.6 is 0 Å². The highest BCUT2D eigenvalue weighted by Crippen LogP contribution is 2.44. The third kappa shape index (κ3) is 3.41. The molecule has 0 aliphatic carbocycles. The molecule has 0 amide bonds. The number of aryl methyl sites for hydroxylation is 1. The van der Waals surface area contributed by atoms with Crippen molar-refractivity contribution in [2.45, 2.75) is 71.5 Å². The second kappa shape index (κ2) is 6.60. The smallest absolute Gasteiger partial charge is 0.259 e. The second-order valence-electron chi connectivity index (χ2n) is 6.39. The van der Waals surface area contributed by atoms with Crippen LogP contribution in [0.15, 0.2) is 24.3 Å². The van der Waals surface area contributed by atoms with Crippen molar-refractivity contribution in [3.05, 3.63) is 29.8 Å². The van der Waals surface area contributed by atoms with E-state index >= 15 is 0 Å². The average Bonchev–Trinajstić information content (AvgIpc) is 2.34. The molecule has 108 valence electrons. The number of hydrogen-bond donors (Lipinski definition) is 0. The fraction of sp³-hybridized carbons (Fsp3) is 0.647. The first-order valence-corrected chi connectivity index (χ1v) is 9.74. The van der Waals surface area contributed by atoms with Gasteiger partial charge in [0.2, 0.25) is 0 Å². The molecule has 1 aromatic rings. The van der Waals surface area contributed by atoms with Crippen LogP contribution in [-0.4, -0.2) is 8.32 Å². The summed E-state index contributed by atoms with van der Waals surface area (Å²) < 4.78 is 6.70. The molecule has 19 heavy (non-hydrogen) atoms. The van der Waals surface area contributed by atoms with Gasteiger partial charge in [-0.05, 0) is 41.2 Å². The molecule has 1 rings (SSSR count). The van der Waals surface area contributed by atoms with Crippen molar-refractivity contribution < 1.29 is 4.43 Å². The Morgan fingerprint density at radius 2 is 1.63 bits per heavy atom. The monoisotopic (exact) mass is 278 g/mol. The van der Waals surface area contributed by atoms with Crippen LogP contribution in [0.4, 0.5) is 0 Å². The lowest BCUT2D eigenvalue weighted by Crippen LogP contribution is -2.51. The zero-order valence-electron chi connectivity index (χ0n) is 13.7. The highest BCUT2D eigenvalue weighted by atomic mass is 28.4. The standard InChI is InChI=1S/C17H30OSi/c1-8-16(7)19(13(2)3,14(4)5)18-17-11-9-10-15(6)12-17/h9-14,16H,8H2,1-7H3. The van der Waals surface area contributed by atoms with E-state index in [4.69, 9.17) is 4.43 Å². The maximum atomic E-state index is 6.70. The van der Waals surface area contributed by atoms with E-state index in [1.54, 1.807) is 0 Å². The van der Waals surface area contributed by atoms with Crippen molar-refractivity contribution in [2.24, 2.45) is 0 Å². The molecule has 1 aromatic carbocycles. The van der Waals surface area contributed by atoms with E-state index in [1.165, 1.54) is 12.0 Å². The van der Waals surface area contributed by atoms with E-state index in [2.05, 4.69) is 72.7 Å². The summed E-state index contributed by atoms with van der Waals surface area (Å²) in [4.78, 5) is 0. The highest BCUT2D eigenvalue weighted by Gasteiger charge is 2.48. The van der Waals surface area contributed by atoms with Crippen LogP contribution in [-0.2, 0) is 0 Å². The summed E-state index contributed by atoms with van der Waals surface area (Å²) in [6.07, 6.45) is 1.20. The summed E-state index contributed by atoms with van der Waals surface area (Å²) >= 11 is 0. The van der Waals surface area contributed by atoms with E-state index in [0.717, 1.165) is 5.75 Å². The van der Waals surface area contributed by atoms with Crippen LogP contribution in [0.25, 0.3) is 0 Å². The van der Waals surface area contributed by atoms with Crippen molar-refractivity contribution in [1.82, 2.24) is 0 Å². The number of benzene rings is 1. The predicted octanol–water partition coefficient (Wildman–Crippen LogP) is 5.94. The Hall–Kier alpha value is -0.763. The van der Waals surface area contributed by atoms with Gasteiger partial charge in [-0.2, -0.15) is 0 Å². The van der Waals surface area contributed by atoms with E-state index in [0.29, 0.717) is 16.6 Å². The van der Waals surface area contributed by atoms with Gasteiger partial charge in [-0.1, -0.05) is 60.1 Å². The van der Waals surface area contributed by atoms with E-state index in [1.807, 2.05) is 0 Å². The Labute approximate surface area is 120 Å². The van der Waals surface area contributed by atoms with E-state index in [9.17, 15) is 0 Å². The minimum Gasteiger partial charge on any atom is -0.543 e. The molecule has 0 aromatic heterocycles. The number of hydrogen-bond acceptors (Lipinski definition) is 1. The van der Waals surface area contributed by atoms with Crippen molar-refractivity contribution in [3.8, 4) is 5.75 Å². The third-order valence-electron chi connectivity index (χ3n) is 4.47. The van der Waals surface area contributed by atoms with Gasteiger partial charge in [0.25, 0.3) is 8.32 Å². The lowest BCUT2D eigenvalue weighted by atomic mass is 10.2. The molecule has 0 heterocycles. The van der Waals surface area contributed by atoms with Crippen molar-refractivity contribution in [2.75, 3.05) is 0 Å². The van der Waals surface area contributed by atoms with Crippen molar-refractivity contribution in [3.63, 3.8) is 0 Å². The second-order valence-corrected chi connectivity index (χ2v) is 11.6. The molecule has 0 saturated carbocycles. The Balaban J connectivity index is 3.16. The Morgan fingerprint density at radius 3 is 2.05 bits per heavy atom. The Morgan fingerprint density at radius 1 is 1.05 bits per heavy atom. The largest absolute Gasteiger partial charge is 0.543 e. The van der Waals surface area contributed by atoms with Gasteiger partial charge in [-0.15, -0.1) is 0 Å². The summed E-state index contributed by atoms with van der Waals surface area (Å²) in [5, 5.41) is 0. The lowest BCUT2D eigenvalue weighted by Gasteiger charge is -2.43. The van der Waals surface area contributed by atoms with Gasteiger partial charge in [-0.25, -0.2) is 0 Å². The van der Waals surface area contributed by atoms with Crippen LogP contribution in [0.1, 0.15) is 53.5 Å². The Kier molecular flexibility index (Phi) is 5.66. The first-order chi connectivity index (χ1) is 8.84. The van der Waals surface area contributed by atoms with Crippen molar-refractivity contribution >= 4 is 8.32 Å². The first-order valence-electron chi connectivity index (χ1n) is 7.60. The lowest BCUT2D eigenvalue weighted by molar-refractivity contribution is 0.470. The van der Waals surface area contributed by atoms with Crippen LogP contribution in [0.5, 0.6) is 5.75 Å². The molecule has 0 saturated heterocycles. The quantitative estimate of drug-likeness (QED) is 0.585. The van der Waals surface area contributed by atoms with Crippen LogP contribution < -0.4 is 4.43 Å². The SMILES string of the molecule is CCC(C)[Si](Oc1cccc(C)c1)(C(C)C)C(C)C. The van der Waals surface area contributed by atoms with Gasteiger partial charge in [0.05, 0.1) is 0 Å². The van der Waals surface area contributed by atoms with E-state index in [-0.39, 0.29) is 0 Å². The molecule has 2 heteroatoms. The maximum absolute atomic E-state index is 6.70. The fourth-order valence-electron chi connectivity index (χ4n) is 3.34. The zero-order chi connectivity index (χ0) is 14.6. The predicted molar refractivity (Wildman–Crippen MR) is 87.5 cm³/mol. The third-order valence-corrected chi connectivity index (χ3v) is 10.6. The summed E-state index contributed by atoms with van der Waals surface area (Å²) in [5.74, 6) is 1.06. The molecular formula is C17H30OSi. The van der Waals surface area contributed by atoms with Gasteiger partial charge >= 0.3 is 0 Å². The van der Waals surface area contributed by atoms with Gasteiger partial charge < -0.3 is 4.43 Å². The minimum absolute atomic E-state index is 0.628.